The summed E-state index contributed by atoms with van der Waals surface area (Å²) in [5, 5.41) is 3.17. The summed E-state index contributed by atoms with van der Waals surface area (Å²) in [6.07, 6.45) is 4.24. The van der Waals surface area contributed by atoms with Gasteiger partial charge in [-0.05, 0) is 24.6 Å². The molecule has 1 N–H and O–H groups in total. The van der Waals surface area contributed by atoms with Crippen LogP contribution in [-0.4, -0.2) is 23.8 Å². The summed E-state index contributed by atoms with van der Waals surface area (Å²) in [6.45, 7) is 4.62. The molecule has 1 nitrogen and oxygen atoms in total. The molecule has 0 aliphatic rings. The van der Waals surface area contributed by atoms with Crippen LogP contribution >= 0.6 is 11.8 Å². The van der Waals surface area contributed by atoms with E-state index in [4.69, 9.17) is 0 Å². The molecule has 0 saturated carbocycles. The van der Waals surface area contributed by atoms with Gasteiger partial charge in [-0.2, -0.15) is 13.2 Å². The zero-order chi connectivity index (χ0) is 11.7. The first-order valence-electron chi connectivity index (χ1n) is 5.43. The first kappa shape index (κ1) is 15.1. The van der Waals surface area contributed by atoms with Crippen molar-refractivity contribution in [1.82, 2.24) is 5.32 Å². The molecule has 0 rings (SSSR count). The van der Waals surface area contributed by atoms with E-state index in [2.05, 4.69) is 19.2 Å². The average Bonchev–Trinajstić information content (AvgIpc) is 2.11. The van der Waals surface area contributed by atoms with Crippen LogP contribution in [-0.2, 0) is 0 Å². The first-order chi connectivity index (χ1) is 6.99. The van der Waals surface area contributed by atoms with Gasteiger partial charge in [0, 0.05) is 18.3 Å². The van der Waals surface area contributed by atoms with E-state index in [1.165, 1.54) is 0 Å². The first-order valence-corrected chi connectivity index (χ1v) is 6.42. The van der Waals surface area contributed by atoms with E-state index in [0.717, 1.165) is 25.7 Å². The number of nitrogens with one attached hydrogen (secondary N) is 1. The second kappa shape index (κ2) is 8.28. The Balaban J connectivity index is 3.52. The number of halogens is 3. The summed E-state index contributed by atoms with van der Waals surface area (Å²) >= 11 is 0.0492. The van der Waals surface area contributed by atoms with E-state index in [-0.39, 0.29) is 17.5 Å². The Morgan fingerprint density at radius 1 is 1.13 bits per heavy atom. The van der Waals surface area contributed by atoms with Gasteiger partial charge in [-0.1, -0.05) is 26.7 Å². The van der Waals surface area contributed by atoms with Crippen molar-refractivity contribution >= 4 is 11.8 Å². The number of alkyl halides is 3. The second-order valence-electron chi connectivity index (χ2n) is 3.52. The smallest absolute Gasteiger partial charge is 0.313 e. The molecule has 0 saturated heterocycles. The van der Waals surface area contributed by atoms with Gasteiger partial charge in [0.15, 0.2) is 0 Å². The Kier molecular flexibility index (Phi) is 8.33. The number of rotatable bonds is 8. The quantitative estimate of drug-likeness (QED) is 0.651. The Bertz CT molecular complexity index is 144. The third-order valence-electron chi connectivity index (χ3n) is 2.08. The van der Waals surface area contributed by atoms with Crippen molar-refractivity contribution in [2.75, 3.05) is 12.3 Å². The second-order valence-corrected chi connectivity index (χ2v) is 4.68. The van der Waals surface area contributed by atoms with Crippen LogP contribution in [0.4, 0.5) is 13.2 Å². The average molecular weight is 243 g/mol. The molecule has 0 spiro atoms. The molecule has 0 aromatic carbocycles. The van der Waals surface area contributed by atoms with Crippen LogP contribution in [0.25, 0.3) is 0 Å². The molecule has 0 aromatic heterocycles. The summed E-state index contributed by atoms with van der Waals surface area (Å²) in [4.78, 5) is 0. The molecule has 0 radical (unpaired) electrons. The summed E-state index contributed by atoms with van der Waals surface area (Å²) in [6, 6.07) is 0.383. The van der Waals surface area contributed by atoms with Gasteiger partial charge in [-0.25, -0.2) is 0 Å². The van der Waals surface area contributed by atoms with Gasteiger partial charge in [0.1, 0.15) is 0 Å². The van der Waals surface area contributed by atoms with Gasteiger partial charge >= 0.3 is 5.51 Å². The standard InChI is InChI=1S/C10H20F3NS/c1-3-5-9(6-4-2)14-7-8-15-10(11,12)13/h9,14H,3-8H2,1-2H3. The summed E-state index contributed by atoms with van der Waals surface area (Å²) < 4.78 is 35.4. The minimum Gasteiger partial charge on any atom is -0.313 e. The SMILES string of the molecule is CCCC(CCC)NCCSC(F)(F)F. The van der Waals surface area contributed by atoms with Crippen molar-refractivity contribution in [1.29, 1.82) is 0 Å². The molecule has 0 unspecified atom stereocenters. The molecule has 0 bridgehead atoms. The van der Waals surface area contributed by atoms with E-state index < -0.39 is 5.51 Å². The number of thioether (sulfide) groups is 1. The van der Waals surface area contributed by atoms with Crippen LogP contribution in [0, 0.1) is 0 Å². The van der Waals surface area contributed by atoms with Crippen LogP contribution in [0.5, 0.6) is 0 Å². The zero-order valence-electron chi connectivity index (χ0n) is 9.36. The molecule has 0 amide bonds. The molecule has 15 heavy (non-hydrogen) atoms. The third-order valence-corrected chi connectivity index (χ3v) is 2.81. The van der Waals surface area contributed by atoms with Gasteiger partial charge < -0.3 is 5.32 Å². The molecule has 0 aliphatic heterocycles. The lowest BCUT2D eigenvalue weighted by Gasteiger charge is -2.17. The largest absolute Gasteiger partial charge is 0.441 e. The highest BCUT2D eigenvalue weighted by Gasteiger charge is 2.27. The van der Waals surface area contributed by atoms with Crippen molar-refractivity contribution in [3.63, 3.8) is 0 Å². The summed E-state index contributed by atoms with van der Waals surface area (Å²) in [5.74, 6) is 0.105. The third kappa shape index (κ3) is 10.4. The molecule has 5 heteroatoms. The van der Waals surface area contributed by atoms with Crippen molar-refractivity contribution in [3.05, 3.63) is 0 Å². The highest BCUT2D eigenvalue weighted by Crippen LogP contribution is 2.29. The molecule has 0 aliphatic carbocycles. The number of hydrogen-bond acceptors (Lipinski definition) is 2. The molecule has 0 fully saturated rings. The molecular formula is C10H20F3NS. The van der Waals surface area contributed by atoms with Crippen LogP contribution in [0.2, 0.25) is 0 Å². The predicted octanol–water partition coefficient (Wildman–Crippen LogP) is 3.80. The lowest BCUT2D eigenvalue weighted by atomic mass is 10.1. The molecule has 0 atom stereocenters. The van der Waals surface area contributed by atoms with E-state index in [0.29, 0.717) is 12.6 Å². The number of hydrogen-bond donors (Lipinski definition) is 1. The monoisotopic (exact) mass is 243 g/mol. The van der Waals surface area contributed by atoms with E-state index >= 15 is 0 Å². The van der Waals surface area contributed by atoms with Gasteiger partial charge in [-0.3, -0.25) is 0 Å². The maximum Gasteiger partial charge on any atom is 0.441 e. The zero-order valence-corrected chi connectivity index (χ0v) is 10.2. The molecule has 0 heterocycles. The van der Waals surface area contributed by atoms with Crippen molar-refractivity contribution in [3.8, 4) is 0 Å². The molecule has 92 valence electrons. The van der Waals surface area contributed by atoms with E-state index in [9.17, 15) is 13.2 Å². The lowest BCUT2D eigenvalue weighted by molar-refractivity contribution is -0.0327. The van der Waals surface area contributed by atoms with E-state index in [1.54, 1.807) is 0 Å². The van der Waals surface area contributed by atoms with Crippen molar-refractivity contribution < 1.29 is 13.2 Å². The lowest BCUT2D eigenvalue weighted by Crippen LogP contribution is -2.31. The fourth-order valence-corrected chi connectivity index (χ4v) is 1.93. The Labute approximate surface area is 94.2 Å². The fraction of sp³-hybridized carbons (Fsp3) is 1.00. The summed E-state index contributed by atoms with van der Waals surface area (Å²) in [7, 11) is 0. The maximum atomic E-state index is 11.8. The fourth-order valence-electron chi connectivity index (χ4n) is 1.48. The normalized spacial score (nSPS) is 12.4. The Morgan fingerprint density at radius 2 is 1.67 bits per heavy atom. The topological polar surface area (TPSA) is 12.0 Å². The maximum absolute atomic E-state index is 11.8. The van der Waals surface area contributed by atoms with Crippen LogP contribution in [0.3, 0.4) is 0 Å². The Morgan fingerprint density at radius 3 is 2.07 bits per heavy atom. The van der Waals surface area contributed by atoms with Crippen LogP contribution in [0.1, 0.15) is 39.5 Å². The van der Waals surface area contributed by atoms with Gasteiger partial charge in [-0.15, -0.1) is 0 Å². The molecular weight excluding hydrogens is 223 g/mol. The Hall–Kier alpha value is 0.100. The predicted molar refractivity (Wildman–Crippen MR) is 60.1 cm³/mol. The highest BCUT2D eigenvalue weighted by molar-refractivity contribution is 8.00. The van der Waals surface area contributed by atoms with Crippen molar-refractivity contribution in [2.24, 2.45) is 0 Å². The highest BCUT2D eigenvalue weighted by atomic mass is 32.2. The van der Waals surface area contributed by atoms with Crippen LogP contribution in [0.15, 0.2) is 0 Å². The summed E-state index contributed by atoms with van der Waals surface area (Å²) in [5.41, 5.74) is -4.09. The minimum atomic E-state index is -4.09. The van der Waals surface area contributed by atoms with Gasteiger partial charge in [0.2, 0.25) is 0 Å². The van der Waals surface area contributed by atoms with E-state index in [1.807, 2.05) is 0 Å². The van der Waals surface area contributed by atoms with Gasteiger partial charge in [0.05, 0.1) is 0 Å². The minimum absolute atomic E-state index is 0.0492. The molecule has 0 aromatic rings. The van der Waals surface area contributed by atoms with Crippen molar-refractivity contribution in [2.45, 2.75) is 51.1 Å². The van der Waals surface area contributed by atoms with Gasteiger partial charge in [0.25, 0.3) is 0 Å². The van der Waals surface area contributed by atoms with Crippen LogP contribution < -0.4 is 5.32 Å².